The van der Waals surface area contributed by atoms with Crippen molar-refractivity contribution in [1.29, 1.82) is 0 Å². The second kappa shape index (κ2) is 6.50. The van der Waals surface area contributed by atoms with Gasteiger partial charge >= 0.3 is 0 Å². The van der Waals surface area contributed by atoms with Gasteiger partial charge in [0.15, 0.2) is 5.11 Å². The molecule has 1 rings (SSSR count). The molecule has 0 spiro atoms. The van der Waals surface area contributed by atoms with Crippen molar-refractivity contribution >= 4 is 28.9 Å². The van der Waals surface area contributed by atoms with Crippen LogP contribution in [0.5, 0.6) is 0 Å². The number of carbonyl (C=O) groups is 1. The maximum Gasteiger partial charge on any atom is 0.282 e. The molecule has 0 aliphatic heterocycles. The van der Waals surface area contributed by atoms with Gasteiger partial charge in [0, 0.05) is 12.6 Å². The first-order valence-corrected chi connectivity index (χ1v) is 5.54. The van der Waals surface area contributed by atoms with Crippen molar-refractivity contribution in [3.05, 3.63) is 39.9 Å². The quantitative estimate of drug-likeness (QED) is 0.425. The molecule has 0 radical (unpaired) electrons. The third kappa shape index (κ3) is 3.67. The molecule has 0 saturated carbocycles. The molecule has 0 atom stereocenters. The van der Waals surface area contributed by atoms with E-state index in [1.165, 1.54) is 18.2 Å². The summed E-state index contributed by atoms with van der Waals surface area (Å²) in [6.45, 7) is 2.45. The summed E-state index contributed by atoms with van der Waals surface area (Å²) < 4.78 is 0. The molecule has 1 aromatic rings. The van der Waals surface area contributed by atoms with Gasteiger partial charge in [-0.3, -0.25) is 25.8 Å². The van der Waals surface area contributed by atoms with Crippen LogP contribution in [0.4, 0.5) is 5.69 Å². The minimum atomic E-state index is -0.623. The number of thiocarbonyl (C=S) groups is 1. The fourth-order valence-electron chi connectivity index (χ4n) is 1.21. The summed E-state index contributed by atoms with van der Waals surface area (Å²) in [5.41, 5.74) is 4.44. The van der Waals surface area contributed by atoms with Crippen LogP contribution in [0.2, 0.25) is 0 Å². The molecule has 0 aliphatic rings. The zero-order valence-corrected chi connectivity index (χ0v) is 10.4. The average molecular weight is 268 g/mol. The van der Waals surface area contributed by atoms with E-state index in [0.29, 0.717) is 6.54 Å². The van der Waals surface area contributed by atoms with Crippen molar-refractivity contribution in [2.75, 3.05) is 6.54 Å². The molecule has 0 bridgehead atoms. The van der Waals surface area contributed by atoms with Crippen LogP contribution in [0.15, 0.2) is 24.3 Å². The van der Waals surface area contributed by atoms with Gasteiger partial charge in [-0.2, -0.15) is 0 Å². The minimum absolute atomic E-state index is 0.0331. The normalized spacial score (nSPS) is 9.39. The highest BCUT2D eigenvalue weighted by molar-refractivity contribution is 7.80. The number of nitro groups is 1. The fourth-order valence-corrected chi connectivity index (χ4v) is 1.41. The van der Waals surface area contributed by atoms with E-state index >= 15 is 0 Å². The summed E-state index contributed by atoms with van der Waals surface area (Å²) in [6, 6.07) is 5.67. The molecule has 96 valence electrons. The monoisotopic (exact) mass is 268 g/mol. The SMILES string of the molecule is CCNC(=S)NNC(=O)c1ccccc1[N+](=O)[O-]. The van der Waals surface area contributed by atoms with E-state index in [9.17, 15) is 14.9 Å². The van der Waals surface area contributed by atoms with Crippen LogP contribution in [0.3, 0.4) is 0 Å². The smallest absolute Gasteiger partial charge is 0.282 e. The first kappa shape index (κ1) is 13.8. The summed E-state index contributed by atoms with van der Waals surface area (Å²) in [5.74, 6) is -0.623. The topological polar surface area (TPSA) is 96.3 Å². The van der Waals surface area contributed by atoms with E-state index in [0.717, 1.165) is 0 Å². The summed E-state index contributed by atoms with van der Waals surface area (Å²) >= 11 is 4.84. The Morgan fingerprint density at radius 1 is 1.39 bits per heavy atom. The van der Waals surface area contributed by atoms with Crippen LogP contribution >= 0.6 is 12.2 Å². The number of hydrazine groups is 1. The Morgan fingerprint density at radius 3 is 2.67 bits per heavy atom. The number of amides is 1. The maximum atomic E-state index is 11.7. The van der Waals surface area contributed by atoms with Crippen LogP contribution in [0, 0.1) is 10.1 Å². The van der Waals surface area contributed by atoms with E-state index in [4.69, 9.17) is 12.2 Å². The number of nitrogens with one attached hydrogen (secondary N) is 3. The summed E-state index contributed by atoms with van der Waals surface area (Å²) in [7, 11) is 0. The minimum Gasteiger partial charge on any atom is -0.362 e. The maximum absolute atomic E-state index is 11.7. The van der Waals surface area contributed by atoms with Crippen molar-refractivity contribution in [2.45, 2.75) is 6.92 Å². The summed E-state index contributed by atoms with van der Waals surface area (Å²) in [6.07, 6.45) is 0. The molecular weight excluding hydrogens is 256 g/mol. The number of carbonyl (C=O) groups excluding carboxylic acids is 1. The van der Waals surface area contributed by atoms with Crippen LogP contribution < -0.4 is 16.2 Å². The molecule has 0 saturated heterocycles. The van der Waals surface area contributed by atoms with Gasteiger partial charge in [-0.1, -0.05) is 12.1 Å². The summed E-state index contributed by atoms with van der Waals surface area (Å²) in [5, 5.41) is 13.7. The number of hydrogen-bond acceptors (Lipinski definition) is 4. The highest BCUT2D eigenvalue weighted by Gasteiger charge is 2.18. The fraction of sp³-hybridized carbons (Fsp3) is 0.200. The number of nitrogens with zero attached hydrogens (tertiary/aromatic N) is 1. The molecule has 8 heteroatoms. The largest absolute Gasteiger partial charge is 0.362 e. The average Bonchev–Trinajstić information content (AvgIpc) is 2.36. The van der Waals surface area contributed by atoms with Crippen LogP contribution in [-0.4, -0.2) is 22.5 Å². The van der Waals surface area contributed by atoms with Gasteiger partial charge in [0.25, 0.3) is 11.6 Å². The standard InChI is InChI=1S/C10H12N4O3S/c1-2-11-10(18)13-12-9(15)7-5-3-4-6-8(7)14(16)17/h3-6H,2H2,1H3,(H,12,15)(H2,11,13,18). The molecule has 1 amide bonds. The van der Waals surface area contributed by atoms with Crippen molar-refractivity contribution < 1.29 is 9.72 Å². The molecule has 0 aliphatic carbocycles. The van der Waals surface area contributed by atoms with Crippen LogP contribution in [0.1, 0.15) is 17.3 Å². The Kier molecular flexibility index (Phi) is 5.00. The Bertz CT molecular complexity index is 478. The van der Waals surface area contributed by atoms with Gasteiger partial charge in [0.2, 0.25) is 0 Å². The number of para-hydroxylation sites is 1. The third-order valence-corrected chi connectivity index (χ3v) is 2.22. The lowest BCUT2D eigenvalue weighted by atomic mass is 10.2. The Balaban J connectivity index is 2.73. The lowest BCUT2D eigenvalue weighted by Gasteiger charge is -2.10. The molecule has 0 heterocycles. The zero-order valence-electron chi connectivity index (χ0n) is 9.60. The van der Waals surface area contributed by atoms with Crippen molar-refractivity contribution in [3.8, 4) is 0 Å². The first-order chi connectivity index (χ1) is 8.56. The van der Waals surface area contributed by atoms with Crippen molar-refractivity contribution in [2.24, 2.45) is 0 Å². The van der Waals surface area contributed by atoms with E-state index < -0.39 is 10.8 Å². The van der Waals surface area contributed by atoms with Crippen LogP contribution in [-0.2, 0) is 0 Å². The molecule has 7 nitrogen and oxygen atoms in total. The second-order valence-electron chi connectivity index (χ2n) is 3.21. The number of rotatable bonds is 3. The Hall–Kier alpha value is -2.22. The number of hydrogen-bond donors (Lipinski definition) is 3. The highest BCUT2D eigenvalue weighted by atomic mass is 32.1. The molecule has 3 N–H and O–H groups in total. The van der Waals surface area contributed by atoms with Crippen molar-refractivity contribution in [1.82, 2.24) is 16.2 Å². The van der Waals surface area contributed by atoms with Gasteiger partial charge in [0.05, 0.1) is 4.92 Å². The Morgan fingerprint density at radius 2 is 2.06 bits per heavy atom. The molecule has 1 aromatic carbocycles. The van der Waals surface area contributed by atoms with Gasteiger partial charge in [-0.05, 0) is 25.2 Å². The first-order valence-electron chi connectivity index (χ1n) is 5.14. The van der Waals surface area contributed by atoms with E-state index in [-0.39, 0.29) is 16.4 Å². The lowest BCUT2D eigenvalue weighted by Crippen LogP contribution is -2.46. The van der Waals surface area contributed by atoms with E-state index in [2.05, 4.69) is 16.2 Å². The Labute approximate surface area is 109 Å². The van der Waals surface area contributed by atoms with Gasteiger partial charge in [-0.15, -0.1) is 0 Å². The zero-order chi connectivity index (χ0) is 13.5. The number of nitro benzene ring substituents is 1. The molecule has 0 fully saturated rings. The van der Waals surface area contributed by atoms with Gasteiger partial charge in [-0.25, -0.2) is 0 Å². The third-order valence-electron chi connectivity index (χ3n) is 1.97. The van der Waals surface area contributed by atoms with Crippen LogP contribution in [0.25, 0.3) is 0 Å². The van der Waals surface area contributed by atoms with Gasteiger partial charge < -0.3 is 5.32 Å². The molecule has 18 heavy (non-hydrogen) atoms. The highest BCUT2D eigenvalue weighted by Crippen LogP contribution is 2.16. The molecule has 0 aromatic heterocycles. The predicted octanol–water partition coefficient (Wildman–Crippen LogP) is 0.724. The van der Waals surface area contributed by atoms with Crippen molar-refractivity contribution in [3.63, 3.8) is 0 Å². The van der Waals surface area contributed by atoms with E-state index in [1.54, 1.807) is 6.07 Å². The molecular formula is C10H12N4O3S. The van der Waals surface area contributed by atoms with E-state index in [1.807, 2.05) is 6.92 Å². The van der Waals surface area contributed by atoms with Gasteiger partial charge in [0.1, 0.15) is 5.56 Å². The predicted molar refractivity (Wildman–Crippen MR) is 70.0 cm³/mol. The lowest BCUT2D eigenvalue weighted by molar-refractivity contribution is -0.385. The summed E-state index contributed by atoms with van der Waals surface area (Å²) in [4.78, 5) is 21.8. The number of benzene rings is 1. The molecule has 0 unspecified atom stereocenters. The second-order valence-corrected chi connectivity index (χ2v) is 3.62.